The third-order valence-corrected chi connectivity index (χ3v) is 5.30. The lowest BCUT2D eigenvalue weighted by molar-refractivity contribution is 0.0247. The molecule has 148 valence electrons. The minimum atomic E-state index is -0.663. The Morgan fingerprint density at radius 3 is 2.75 bits per heavy atom. The molecule has 9 heteroatoms. The summed E-state index contributed by atoms with van der Waals surface area (Å²) < 4.78 is 19.9. The minimum absolute atomic E-state index is 0.121. The first-order valence-electron chi connectivity index (χ1n) is 9.20. The molecule has 3 heterocycles. The van der Waals surface area contributed by atoms with Crippen LogP contribution in [0.15, 0.2) is 29.1 Å². The van der Waals surface area contributed by atoms with E-state index < -0.39 is 22.8 Å². The van der Waals surface area contributed by atoms with Gasteiger partial charge in [0, 0.05) is 32.8 Å². The number of aromatic nitrogens is 2. The van der Waals surface area contributed by atoms with Gasteiger partial charge in [0.25, 0.3) is 11.5 Å². The molecule has 1 spiro atoms. The van der Waals surface area contributed by atoms with Crippen LogP contribution in [0.4, 0.5) is 4.39 Å². The lowest BCUT2D eigenvalue weighted by atomic mass is 9.87. The molecule has 1 aromatic heterocycles. The zero-order valence-electron chi connectivity index (χ0n) is 15.2. The van der Waals surface area contributed by atoms with E-state index in [-0.39, 0.29) is 18.1 Å². The fourth-order valence-electron chi connectivity index (χ4n) is 3.75. The zero-order valence-corrected chi connectivity index (χ0v) is 15.2. The molecule has 3 N–H and O–H groups in total. The summed E-state index contributed by atoms with van der Waals surface area (Å²) in [6, 6.07) is 5.68. The van der Waals surface area contributed by atoms with Crippen LogP contribution in [0.2, 0.25) is 0 Å². The molecule has 28 heavy (non-hydrogen) atoms. The van der Waals surface area contributed by atoms with Gasteiger partial charge in [-0.3, -0.25) is 14.2 Å². The predicted molar refractivity (Wildman–Crippen MR) is 97.5 cm³/mol. The summed E-state index contributed by atoms with van der Waals surface area (Å²) in [5.41, 5.74) is -0.779. The molecule has 2 aliphatic rings. The van der Waals surface area contributed by atoms with Crippen LogP contribution in [0.1, 0.15) is 34.7 Å². The molecule has 1 fully saturated rings. The zero-order chi connectivity index (χ0) is 19.7. The normalized spacial score (nSPS) is 17.9. The van der Waals surface area contributed by atoms with Crippen molar-refractivity contribution in [1.29, 1.82) is 0 Å². The van der Waals surface area contributed by atoms with Crippen LogP contribution in [0.5, 0.6) is 5.75 Å². The monoisotopic (exact) mass is 388 g/mol. The van der Waals surface area contributed by atoms with Crippen LogP contribution in [0.25, 0.3) is 0 Å². The maximum Gasteiger partial charge on any atom is 0.296 e. The van der Waals surface area contributed by atoms with Crippen LogP contribution >= 0.6 is 0 Å². The van der Waals surface area contributed by atoms with Crippen molar-refractivity contribution < 1.29 is 19.0 Å². The Labute approximate surface area is 160 Å². The number of rotatable bonds is 3. The van der Waals surface area contributed by atoms with Crippen molar-refractivity contribution in [2.45, 2.75) is 31.5 Å². The molecule has 0 unspecified atom stereocenters. The van der Waals surface area contributed by atoms with Crippen molar-refractivity contribution >= 4 is 5.91 Å². The summed E-state index contributed by atoms with van der Waals surface area (Å²) in [5, 5.41) is 16.3. The second-order valence-corrected chi connectivity index (χ2v) is 7.02. The number of carbonyl (C=O) groups excluding carboxylic acids is 1. The summed E-state index contributed by atoms with van der Waals surface area (Å²) in [6.07, 6.45) is 1.25. The fraction of sp³-hybridized carbons (Fsp3) is 0.421. The number of halogens is 1. The summed E-state index contributed by atoms with van der Waals surface area (Å²) in [7, 11) is 0. The largest absolute Gasteiger partial charge is 0.501 e. The van der Waals surface area contributed by atoms with Gasteiger partial charge in [-0.2, -0.15) is 0 Å². The molecule has 0 radical (unpaired) electrons. The molecule has 0 bridgehead atoms. The van der Waals surface area contributed by atoms with E-state index in [1.807, 2.05) is 0 Å². The number of nitrogens with one attached hydrogen (secondary N) is 2. The summed E-state index contributed by atoms with van der Waals surface area (Å²) in [5.74, 6) is -1.23. The Balaban J connectivity index is 1.65. The standard InChI is InChI=1S/C19H21FN4O4/c20-13-3-1-12(2-4-13)11-21-16(26)14-15(25)17(27)24-8-7-22-19(18(24)23-14)5-9-28-10-6-19/h1-4,22,25H,5-11H2,(H,21,26). The second kappa shape index (κ2) is 7.33. The number of amides is 1. The molecule has 1 aromatic carbocycles. The van der Waals surface area contributed by atoms with Crippen LogP contribution in [-0.4, -0.2) is 40.3 Å². The minimum Gasteiger partial charge on any atom is -0.501 e. The number of hydrogen-bond donors (Lipinski definition) is 3. The van der Waals surface area contributed by atoms with Gasteiger partial charge in [-0.25, -0.2) is 9.37 Å². The van der Waals surface area contributed by atoms with E-state index in [2.05, 4.69) is 15.6 Å². The molecule has 2 aromatic rings. The number of ether oxygens (including phenoxy) is 1. The maximum absolute atomic E-state index is 13.0. The fourth-order valence-corrected chi connectivity index (χ4v) is 3.75. The van der Waals surface area contributed by atoms with Crippen molar-refractivity contribution in [3.63, 3.8) is 0 Å². The molecule has 0 atom stereocenters. The Bertz CT molecular complexity index is 952. The van der Waals surface area contributed by atoms with Gasteiger partial charge < -0.3 is 20.5 Å². The smallest absolute Gasteiger partial charge is 0.296 e. The Morgan fingerprint density at radius 1 is 1.32 bits per heavy atom. The molecule has 2 aliphatic heterocycles. The first-order chi connectivity index (χ1) is 13.5. The number of aromatic hydroxyl groups is 1. The molecule has 0 saturated carbocycles. The molecular formula is C19H21FN4O4. The van der Waals surface area contributed by atoms with E-state index in [9.17, 15) is 19.1 Å². The van der Waals surface area contributed by atoms with Gasteiger partial charge in [0.15, 0.2) is 5.69 Å². The van der Waals surface area contributed by atoms with Gasteiger partial charge in [0.1, 0.15) is 11.6 Å². The molecule has 1 amide bonds. The predicted octanol–water partition coefficient (Wildman–Crippen LogP) is 0.627. The molecule has 8 nitrogen and oxygen atoms in total. The summed E-state index contributed by atoms with van der Waals surface area (Å²) >= 11 is 0. The van der Waals surface area contributed by atoms with E-state index in [4.69, 9.17) is 4.74 Å². The first kappa shape index (κ1) is 18.6. The number of benzene rings is 1. The molecular weight excluding hydrogens is 367 g/mol. The van der Waals surface area contributed by atoms with E-state index in [1.165, 1.54) is 16.7 Å². The summed E-state index contributed by atoms with van der Waals surface area (Å²) in [4.78, 5) is 29.7. The van der Waals surface area contributed by atoms with Gasteiger partial charge in [-0.1, -0.05) is 12.1 Å². The topological polar surface area (TPSA) is 105 Å². The van der Waals surface area contributed by atoms with Crippen molar-refractivity contribution in [2.75, 3.05) is 19.8 Å². The van der Waals surface area contributed by atoms with E-state index in [0.717, 1.165) is 0 Å². The highest BCUT2D eigenvalue weighted by Gasteiger charge is 2.41. The van der Waals surface area contributed by atoms with Crippen molar-refractivity contribution in [3.8, 4) is 5.75 Å². The van der Waals surface area contributed by atoms with Crippen molar-refractivity contribution in [1.82, 2.24) is 20.2 Å². The number of carbonyl (C=O) groups is 1. The Kier molecular flexibility index (Phi) is 4.86. The highest BCUT2D eigenvalue weighted by atomic mass is 19.1. The number of fused-ring (bicyclic) bond motifs is 2. The number of hydrogen-bond acceptors (Lipinski definition) is 6. The lowest BCUT2D eigenvalue weighted by Crippen LogP contribution is -2.55. The maximum atomic E-state index is 13.0. The van der Waals surface area contributed by atoms with Gasteiger partial charge in [-0.05, 0) is 30.5 Å². The highest BCUT2D eigenvalue weighted by Crippen LogP contribution is 2.33. The highest BCUT2D eigenvalue weighted by molar-refractivity contribution is 5.94. The van der Waals surface area contributed by atoms with Crippen LogP contribution < -0.4 is 16.2 Å². The first-order valence-corrected chi connectivity index (χ1v) is 9.20. The Hall–Kier alpha value is -2.78. The van der Waals surface area contributed by atoms with E-state index >= 15 is 0 Å². The number of nitrogens with zero attached hydrogens (tertiary/aromatic N) is 2. The van der Waals surface area contributed by atoms with E-state index in [0.29, 0.717) is 50.5 Å². The lowest BCUT2D eigenvalue weighted by Gasteiger charge is -2.41. The van der Waals surface area contributed by atoms with Gasteiger partial charge in [0.2, 0.25) is 5.75 Å². The molecule has 0 aliphatic carbocycles. The third-order valence-electron chi connectivity index (χ3n) is 5.30. The summed E-state index contributed by atoms with van der Waals surface area (Å²) in [6.45, 7) is 2.11. The van der Waals surface area contributed by atoms with Gasteiger partial charge >= 0.3 is 0 Å². The third kappa shape index (κ3) is 3.27. The van der Waals surface area contributed by atoms with Gasteiger partial charge in [0.05, 0.1) is 5.54 Å². The van der Waals surface area contributed by atoms with Gasteiger partial charge in [-0.15, -0.1) is 0 Å². The molecule has 1 saturated heterocycles. The van der Waals surface area contributed by atoms with Crippen LogP contribution in [0.3, 0.4) is 0 Å². The molecule has 4 rings (SSSR count). The van der Waals surface area contributed by atoms with E-state index in [1.54, 1.807) is 12.1 Å². The average Bonchev–Trinajstić information content (AvgIpc) is 2.71. The average molecular weight is 388 g/mol. The second-order valence-electron chi connectivity index (χ2n) is 7.02. The quantitative estimate of drug-likeness (QED) is 0.712. The van der Waals surface area contributed by atoms with Crippen molar-refractivity contribution in [2.24, 2.45) is 0 Å². The van der Waals surface area contributed by atoms with Crippen LogP contribution in [-0.2, 0) is 23.4 Å². The SMILES string of the molecule is O=C(NCc1ccc(F)cc1)c1nc2n(c(=O)c1O)CCNC21CCOCC1. The Morgan fingerprint density at radius 2 is 2.04 bits per heavy atom. The van der Waals surface area contributed by atoms with Crippen LogP contribution in [0, 0.1) is 5.82 Å². The van der Waals surface area contributed by atoms with Crippen molar-refractivity contribution in [3.05, 3.63) is 57.5 Å².